The molecule has 0 atom stereocenters. The minimum atomic E-state index is -6.21. The number of amides is 1. The highest BCUT2D eigenvalue weighted by Gasteiger charge is 2.73. The highest BCUT2D eigenvalue weighted by Crippen LogP contribution is 2.54. The lowest BCUT2D eigenvalue weighted by Crippen LogP contribution is -2.56. The smallest absolute Gasteiger partial charge is 0.430 e. The van der Waals surface area contributed by atoms with Crippen LogP contribution in [0.25, 0.3) is 0 Å². The van der Waals surface area contributed by atoms with Gasteiger partial charge in [-0.25, -0.2) is 26.4 Å². The third-order valence-corrected chi connectivity index (χ3v) is 10.3. The van der Waals surface area contributed by atoms with Crippen LogP contribution in [-0.4, -0.2) is 52.0 Å². The molecule has 3 aromatic rings. The summed E-state index contributed by atoms with van der Waals surface area (Å²) in [5, 5.41) is 0. The average Bonchev–Trinajstić information content (AvgIpc) is 2.97. The summed E-state index contributed by atoms with van der Waals surface area (Å²) in [5.74, 6) is -3.64. The number of hydrogen-bond acceptors (Lipinski definition) is 5. The number of hydrogen-bond donors (Lipinski definition) is 0. The number of benzene rings is 3. The van der Waals surface area contributed by atoms with Gasteiger partial charge in [0.05, 0.1) is 18.6 Å². The summed E-state index contributed by atoms with van der Waals surface area (Å²) in [5.41, 5.74) is -8.01. The number of rotatable bonds is 7. The second kappa shape index (κ2) is 12.2. The second-order valence-corrected chi connectivity index (χ2v) is 12.4. The third kappa shape index (κ3) is 5.96. The highest BCUT2D eigenvalue weighted by molar-refractivity contribution is 7.92. The summed E-state index contributed by atoms with van der Waals surface area (Å²) in [7, 11) is -3.42. The molecule has 0 unspecified atom stereocenters. The molecule has 1 heterocycles. The van der Waals surface area contributed by atoms with Gasteiger partial charge in [-0.2, -0.15) is 26.3 Å². The van der Waals surface area contributed by atoms with Gasteiger partial charge in [-0.05, 0) is 54.8 Å². The van der Waals surface area contributed by atoms with E-state index in [1.807, 2.05) is 0 Å². The Bertz CT molecular complexity index is 1600. The zero-order valence-electron chi connectivity index (χ0n) is 23.2. The molecule has 0 N–H and O–H groups in total. The number of piperidine rings is 1. The Morgan fingerprint density at radius 3 is 1.80 bits per heavy atom. The fourth-order valence-electron chi connectivity index (χ4n) is 5.33. The molecule has 244 valence electrons. The minimum absolute atomic E-state index is 0.221. The maximum atomic E-state index is 14.4. The van der Waals surface area contributed by atoms with Gasteiger partial charge in [0.2, 0.25) is 0 Å². The Labute approximate surface area is 251 Å². The van der Waals surface area contributed by atoms with Crippen LogP contribution < -0.4 is 0 Å². The Balaban J connectivity index is 1.84. The Morgan fingerprint density at radius 1 is 0.822 bits per heavy atom. The molecule has 0 aromatic heterocycles. The number of carbonyl (C=O) groups is 1. The fourth-order valence-corrected chi connectivity index (χ4v) is 7.44. The largest absolute Gasteiger partial charge is 0.453 e. The van der Waals surface area contributed by atoms with Crippen molar-refractivity contribution in [3.8, 4) is 0 Å². The van der Waals surface area contributed by atoms with E-state index in [-0.39, 0.29) is 36.4 Å². The Hall–Kier alpha value is -3.79. The number of methoxy groups -OCH3 is 1. The molecule has 6 nitrogen and oxygen atoms in total. The van der Waals surface area contributed by atoms with E-state index in [1.165, 1.54) is 4.90 Å². The molecule has 0 saturated carbocycles. The van der Waals surface area contributed by atoms with Crippen LogP contribution in [-0.2, 0) is 36.3 Å². The van der Waals surface area contributed by atoms with Gasteiger partial charge in [0, 0.05) is 24.2 Å². The molecule has 1 saturated heterocycles. The number of likely N-dealkylation sites (tertiary alicyclic amines) is 1. The number of ether oxygens (including phenoxy) is 2. The molecule has 0 radical (unpaired) electrons. The van der Waals surface area contributed by atoms with Crippen LogP contribution in [0.4, 0.5) is 44.3 Å². The van der Waals surface area contributed by atoms with E-state index in [0.29, 0.717) is 24.3 Å². The topological polar surface area (TPSA) is 72.9 Å². The van der Waals surface area contributed by atoms with Crippen molar-refractivity contribution in [2.24, 2.45) is 0 Å². The van der Waals surface area contributed by atoms with Crippen LogP contribution in [0.3, 0.4) is 0 Å². The van der Waals surface area contributed by atoms with Gasteiger partial charge in [0.15, 0.2) is 9.84 Å². The Morgan fingerprint density at radius 2 is 1.33 bits per heavy atom. The lowest BCUT2D eigenvalue weighted by Gasteiger charge is -2.41. The van der Waals surface area contributed by atoms with Gasteiger partial charge in [0.25, 0.3) is 5.60 Å². The molecule has 16 heteroatoms. The molecule has 0 aliphatic carbocycles. The lowest BCUT2D eigenvalue weighted by atomic mass is 9.85. The first-order valence-corrected chi connectivity index (χ1v) is 14.5. The number of carbonyl (C=O) groups excluding carboxylic acids is 1. The molecule has 1 aliphatic heterocycles. The molecule has 4 rings (SSSR count). The number of alkyl halides is 6. The summed E-state index contributed by atoms with van der Waals surface area (Å²) < 4.78 is 163. The van der Waals surface area contributed by atoms with Crippen molar-refractivity contribution in [3.63, 3.8) is 0 Å². The van der Waals surface area contributed by atoms with Gasteiger partial charge in [-0.3, -0.25) is 0 Å². The minimum Gasteiger partial charge on any atom is -0.453 e. The van der Waals surface area contributed by atoms with E-state index in [1.54, 1.807) is 0 Å². The summed E-state index contributed by atoms with van der Waals surface area (Å²) in [6.07, 6.45) is -13.9. The van der Waals surface area contributed by atoms with E-state index in [9.17, 15) is 52.7 Å². The van der Waals surface area contributed by atoms with Gasteiger partial charge in [0.1, 0.15) is 22.2 Å². The first-order valence-electron chi connectivity index (χ1n) is 13.1. The van der Waals surface area contributed by atoms with E-state index >= 15 is 0 Å². The zero-order valence-corrected chi connectivity index (χ0v) is 24.0. The van der Waals surface area contributed by atoms with Gasteiger partial charge in [-0.1, -0.05) is 30.3 Å². The van der Waals surface area contributed by atoms with Crippen LogP contribution in [0.2, 0.25) is 0 Å². The summed E-state index contributed by atoms with van der Waals surface area (Å²) in [4.78, 5) is 12.8. The quantitative estimate of drug-likeness (QED) is 0.197. The molecule has 45 heavy (non-hydrogen) atoms. The zero-order chi connectivity index (χ0) is 33.4. The van der Waals surface area contributed by atoms with Crippen molar-refractivity contribution in [2.75, 3.05) is 20.2 Å². The number of nitrogens with zero attached hydrogens (tertiary/aromatic N) is 1. The normalized spacial score (nSPS) is 16.0. The second-order valence-electron chi connectivity index (χ2n) is 10.2. The first kappa shape index (κ1) is 34.1. The standard InChI is InChI=1S/C29H24F9NO5S/c1-43-25(40)39-15-13-26(14-16-39,45(41,42)21-11-9-20(30)10-12-21)18-5-7-19(8-6-18)27(28(33,34)35,29(36,37)38)44-17-22-23(31)3-2-4-24(22)32/h2-12H,13-17H2,1H3. The molecule has 3 aromatic carbocycles. The molecule has 0 bridgehead atoms. The van der Waals surface area contributed by atoms with Crippen molar-refractivity contribution in [1.82, 2.24) is 4.90 Å². The van der Waals surface area contributed by atoms with Crippen molar-refractivity contribution < 1.29 is 62.2 Å². The van der Waals surface area contributed by atoms with Crippen molar-refractivity contribution in [1.29, 1.82) is 0 Å². The number of halogens is 9. The summed E-state index contributed by atoms with van der Waals surface area (Å²) >= 11 is 0. The third-order valence-electron chi connectivity index (χ3n) is 7.75. The SMILES string of the molecule is COC(=O)N1CCC(c2ccc(C(OCc3c(F)cccc3F)(C(F)(F)F)C(F)(F)F)cc2)(S(=O)(=O)c2ccc(F)cc2)CC1. The van der Waals surface area contributed by atoms with E-state index < -0.39 is 73.8 Å². The fraction of sp³-hybridized carbons (Fsp3) is 0.345. The van der Waals surface area contributed by atoms with Gasteiger partial charge >= 0.3 is 18.4 Å². The van der Waals surface area contributed by atoms with Crippen LogP contribution in [0.1, 0.15) is 29.5 Å². The van der Waals surface area contributed by atoms with Gasteiger partial charge < -0.3 is 14.4 Å². The van der Waals surface area contributed by atoms with Crippen LogP contribution in [0.5, 0.6) is 0 Å². The number of sulfone groups is 1. The highest BCUT2D eigenvalue weighted by atomic mass is 32.2. The summed E-state index contributed by atoms with van der Waals surface area (Å²) in [6, 6.07) is 8.03. The lowest BCUT2D eigenvalue weighted by molar-refractivity contribution is -0.392. The predicted octanol–water partition coefficient (Wildman–Crippen LogP) is 7.17. The monoisotopic (exact) mass is 669 g/mol. The Kier molecular flexibility index (Phi) is 9.24. The molecular formula is C29H24F9NO5S. The van der Waals surface area contributed by atoms with Crippen LogP contribution in [0.15, 0.2) is 71.6 Å². The average molecular weight is 670 g/mol. The molecule has 1 fully saturated rings. The molecule has 1 amide bonds. The molecular weight excluding hydrogens is 645 g/mol. The van der Waals surface area contributed by atoms with E-state index in [0.717, 1.165) is 49.6 Å². The molecule has 1 aliphatic rings. The maximum absolute atomic E-state index is 14.4. The summed E-state index contributed by atoms with van der Waals surface area (Å²) in [6.45, 7) is -2.20. The van der Waals surface area contributed by atoms with E-state index in [2.05, 4.69) is 9.47 Å². The van der Waals surface area contributed by atoms with Crippen LogP contribution >= 0.6 is 0 Å². The van der Waals surface area contributed by atoms with Crippen molar-refractivity contribution in [3.05, 3.63) is 101 Å². The van der Waals surface area contributed by atoms with Crippen molar-refractivity contribution >= 4 is 15.9 Å². The van der Waals surface area contributed by atoms with Crippen molar-refractivity contribution in [2.45, 2.75) is 47.0 Å². The maximum Gasteiger partial charge on any atom is 0.430 e. The first-order chi connectivity index (χ1) is 20.9. The van der Waals surface area contributed by atoms with Gasteiger partial charge in [-0.15, -0.1) is 0 Å². The molecule has 0 spiro atoms. The van der Waals surface area contributed by atoms with E-state index in [4.69, 9.17) is 0 Å². The predicted molar refractivity (Wildman–Crippen MR) is 140 cm³/mol. The van der Waals surface area contributed by atoms with Crippen LogP contribution in [0, 0.1) is 17.5 Å².